The molecule has 6 nitrogen and oxygen atoms in total. The lowest BCUT2D eigenvalue weighted by Gasteiger charge is -2.09. The van der Waals surface area contributed by atoms with Gasteiger partial charge in [-0.25, -0.2) is 14.4 Å². The minimum absolute atomic E-state index is 0.286. The molecular formula is C13H14N4O2. The van der Waals surface area contributed by atoms with Crippen molar-refractivity contribution in [2.75, 3.05) is 14.1 Å². The van der Waals surface area contributed by atoms with Crippen molar-refractivity contribution in [2.24, 2.45) is 4.99 Å². The van der Waals surface area contributed by atoms with Gasteiger partial charge in [0.25, 0.3) is 5.56 Å². The standard InChI is InChI=1S/C13H14N4O2/c1-16(2)9-14-11-8-12(18)15-13(19)17(11)10-6-4-3-5-7-10/h3-9H,1-2H3,(H,15,18,19)/b14-9+. The Kier molecular flexibility index (Phi) is 3.61. The van der Waals surface area contributed by atoms with Crippen LogP contribution in [0.15, 0.2) is 51.0 Å². The Hall–Kier alpha value is -2.63. The Morgan fingerprint density at radius 1 is 1.21 bits per heavy atom. The zero-order valence-corrected chi connectivity index (χ0v) is 10.7. The number of hydrogen-bond donors (Lipinski definition) is 1. The smallest absolute Gasteiger partial charge is 0.334 e. The Morgan fingerprint density at radius 3 is 2.53 bits per heavy atom. The maximum Gasteiger partial charge on any atom is 0.334 e. The van der Waals surface area contributed by atoms with Crippen LogP contribution in [0, 0.1) is 0 Å². The number of para-hydroxylation sites is 1. The molecule has 2 aromatic rings. The molecule has 0 saturated carbocycles. The van der Waals surface area contributed by atoms with E-state index in [-0.39, 0.29) is 5.82 Å². The van der Waals surface area contributed by atoms with Crippen LogP contribution in [0.1, 0.15) is 0 Å². The van der Waals surface area contributed by atoms with Crippen LogP contribution in [0.4, 0.5) is 5.82 Å². The summed E-state index contributed by atoms with van der Waals surface area (Å²) in [5, 5.41) is 0. The van der Waals surface area contributed by atoms with Gasteiger partial charge in [-0.05, 0) is 12.1 Å². The molecule has 0 unspecified atom stereocenters. The fraction of sp³-hybridized carbons (Fsp3) is 0.154. The molecule has 0 bridgehead atoms. The van der Waals surface area contributed by atoms with Gasteiger partial charge < -0.3 is 4.90 Å². The molecule has 6 heteroatoms. The van der Waals surface area contributed by atoms with Gasteiger partial charge in [0.15, 0.2) is 0 Å². The van der Waals surface area contributed by atoms with E-state index >= 15 is 0 Å². The monoisotopic (exact) mass is 258 g/mol. The fourth-order valence-electron chi connectivity index (χ4n) is 1.58. The third kappa shape index (κ3) is 2.98. The molecule has 0 aliphatic rings. The predicted octanol–water partition coefficient (Wildman–Crippen LogP) is 0.747. The molecule has 1 N–H and O–H groups in total. The number of rotatable bonds is 3. The van der Waals surface area contributed by atoms with Crippen LogP contribution in [0.25, 0.3) is 5.69 Å². The maximum absolute atomic E-state index is 11.9. The molecule has 0 atom stereocenters. The van der Waals surface area contributed by atoms with Crippen LogP contribution >= 0.6 is 0 Å². The van der Waals surface area contributed by atoms with Crippen LogP contribution in [0.2, 0.25) is 0 Å². The first-order valence-electron chi connectivity index (χ1n) is 5.70. The molecule has 19 heavy (non-hydrogen) atoms. The fourth-order valence-corrected chi connectivity index (χ4v) is 1.58. The van der Waals surface area contributed by atoms with Crippen LogP contribution in [-0.4, -0.2) is 34.9 Å². The zero-order valence-electron chi connectivity index (χ0n) is 10.7. The van der Waals surface area contributed by atoms with E-state index < -0.39 is 11.2 Å². The van der Waals surface area contributed by atoms with Crippen molar-refractivity contribution in [3.63, 3.8) is 0 Å². The molecule has 0 radical (unpaired) electrons. The summed E-state index contributed by atoms with van der Waals surface area (Å²) in [7, 11) is 3.61. The normalized spacial score (nSPS) is 10.8. The molecule has 98 valence electrons. The minimum atomic E-state index is -0.510. The summed E-state index contributed by atoms with van der Waals surface area (Å²) in [5.41, 5.74) is -0.331. The van der Waals surface area contributed by atoms with Gasteiger partial charge in [0.2, 0.25) is 0 Å². The molecule has 0 aliphatic heterocycles. The molecule has 1 heterocycles. The van der Waals surface area contributed by atoms with Gasteiger partial charge in [0.1, 0.15) is 5.82 Å². The van der Waals surface area contributed by atoms with Gasteiger partial charge in [-0.1, -0.05) is 18.2 Å². The Morgan fingerprint density at radius 2 is 1.89 bits per heavy atom. The molecule has 0 amide bonds. The van der Waals surface area contributed by atoms with Crippen molar-refractivity contribution in [1.82, 2.24) is 14.5 Å². The largest absolute Gasteiger partial charge is 0.369 e. The van der Waals surface area contributed by atoms with Crippen molar-refractivity contribution < 1.29 is 0 Å². The first-order chi connectivity index (χ1) is 9.08. The lowest BCUT2D eigenvalue weighted by Crippen LogP contribution is -2.28. The van der Waals surface area contributed by atoms with E-state index in [4.69, 9.17) is 0 Å². The van der Waals surface area contributed by atoms with E-state index in [0.717, 1.165) is 0 Å². The molecule has 1 aromatic carbocycles. The number of nitrogens with one attached hydrogen (secondary N) is 1. The lowest BCUT2D eigenvalue weighted by atomic mass is 10.3. The summed E-state index contributed by atoms with van der Waals surface area (Å²) in [6, 6.07) is 10.3. The molecule has 0 saturated heterocycles. The third-order valence-corrected chi connectivity index (χ3v) is 2.36. The average molecular weight is 258 g/mol. The van der Waals surface area contributed by atoms with E-state index in [2.05, 4.69) is 9.98 Å². The van der Waals surface area contributed by atoms with E-state index in [1.807, 2.05) is 32.3 Å². The molecule has 1 aromatic heterocycles. The van der Waals surface area contributed by atoms with Crippen molar-refractivity contribution in [3.05, 3.63) is 57.2 Å². The van der Waals surface area contributed by atoms with Gasteiger partial charge in [0, 0.05) is 20.2 Å². The highest BCUT2D eigenvalue weighted by Crippen LogP contribution is 2.12. The van der Waals surface area contributed by atoms with Crippen molar-refractivity contribution in [2.45, 2.75) is 0 Å². The highest BCUT2D eigenvalue weighted by molar-refractivity contribution is 5.60. The van der Waals surface area contributed by atoms with Gasteiger partial charge in [0.05, 0.1) is 12.0 Å². The highest BCUT2D eigenvalue weighted by atomic mass is 16.2. The van der Waals surface area contributed by atoms with Gasteiger partial charge in [-0.3, -0.25) is 9.78 Å². The van der Waals surface area contributed by atoms with Crippen LogP contribution < -0.4 is 11.2 Å². The maximum atomic E-state index is 11.9. The van der Waals surface area contributed by atoms with Gasteiger partial charge in [-0.2, -0.15) is 0 Å². The van der Waals surface area contributed by atoms with Crippen molar-refractivity contribution in [1.29, 1.82) is 0 Å². The van der Waals surface area contributed by atoms with Gasteiger partial charge in [-0.15, -0.1) is 0 Å². The highest BCUT2D eigenvalue weighted by Gasteiger charge is 2.06. The predicted molar refractivity (Wildman–Crippen MR) is 74.5 cm³/mol. The first kappa shape index (κ1) is 12.8. The summed E-state index contributed by atoms with van der Waals surface area (Å²) in [6.07, 6.45) is 1.54. The Bertz CT molecular complexity index is 699. The quantitative estimate of drug-likeness (QED) is 0.652. The lowest BCUT2D eigenvalue weighted by molar-refractivity contribution is 0.642. The molecule has 0 spiro atoms. The number of H-pyrrole nitrogens is 1. The minimum Gasteiger partial charge on any atom is -0.369 e. The number of hydrogen-bond acceptors (Lipinski definition) is 3. The number of aromatic amines is 1. The van der Waals surface area contributed by atoms with Crippen LogP contribution in [-0.2, 0) is 0 Å². The summed E-state index contributed by atoms with van der Waals surface area (Å²) in [5.74, 6) is 0.286. The summed E-state index contributed by atoms with van der Waals surface area (Å²) < 4.78 is 1.35. The zero-order chi connectivity index (χ0) is 13.8. The molecule has 2 rings (SSSR count). The third-order valence-electron chi connectivity index (χ3n) is 2.36. The Balaban J connectivity index is 2.66. The van der Waals surface area contributed by atoms with Gasteiger partial charge >= 0.3 is 5.69 Å². The number of aliphatic imine (C=N–C) groups is 1. The second-order valence-corrected chi connectivity index (χ2v) is 4.18. The van der Waals surface area contributed by atoms with E-state index in [0.29, 0.717) is 5.69 Å². The number of benzene rings is 1. The second-order valence-electron chi connectivity index (χ2n) is 4.18. The molecular weight excluding hydrogens is 244 g/mol. The second kappa shape index (κ2) is 5.34. The van der Waals surface area contributed by atoms with E-state index in [1.165, 1.54) is 17.0 Å². The first-order valence-corrected chi connectivity index (χ1v) is 5.70. The number of aromatic nitrogens is 2. The van der Waals surface area contributed by atoms with Crippen molar-refractivity contribution >= 4 is 12.2 Å². The Labute approximate surface area is 109 Å². The number of nitrogens with zero attached hydrogens (tertiary/aromatic N) is 3. The molecule has 0 fully saturated rings. The van der Waals surface area contributed by atoms with Crippen molar-refractivity contribution in [3.8, 4) is 5.69 Å². The topological polar surface area (TPSA) is 70.5 Å². The average Bonchev–Trinajstić information content (AvgIpc) is 2.36. The van der Waals surface area contributed by atoms with E-state index in [1.54, 1.807) is 17.0 Å². The SMILES string of the molecule is CN(C)/C=N/c1cc(=O)[nH]c(=O)n1-c1ccccc1. The van der Waals surface area contributed by atoms with Crippen LogP contribution in [0.3, 0.4) is 0 Å². The van der Waals surface area contributed by atoms with Crippen LogP contribution in [0.5, 0.6) is 0 Å². The summed E-state index contributed by atoms with van der Waals surface area (Å²) in [6.45, 7) is 0. The summed E-state index contributed by atoms with van der Waals surface area (Å²) >= 11 is 0. The van der Waals surface area contributed by atoms with E-state index in [9.17, 15) is 9.59 Å². The molecule has 0 aliphatic carbocycles. The summed E-state index contributed by atoms with van der Waals surface area (Å²) in [4.78, 5) is 31.4.